The van der Waals surface area contributed by atoms with E-state index in [1.807, 2.05) is 6.07 Å². The number of halogens is 1. The molecule has 0 aliphatic rings. The zero-order valence-corrected chi connectivity index (χ0v) is 8.95. The van der Waals surface area contributed by atoms with Crippen LogP contribution < -0.4 is 0 Å². The van der Waals surface area contributed by atoms with E-state index in [1.165, 1.54) is 19.2 Å². The lowest BCUT2D eigenvalue weighted by molar-refractivity contribution is 0.0594. The van der Waals surface area contributed by atoms with Gasteiger partial charge in [-0.15, -0.1) is 0 Å². The molecule has 0 radical (unpaired) electrons. The Morgan fingerprint density at radius 1 is 1.38 bits per heavy atom. The standard InChI is InChI=1S/C12H10FNO2/c1-7-5-8-3-4-10(12(15)16-2)14-11(8)9(13)6-7/h3-6H,1-2H3. The molecule has 0 saturated heterocycles. The van der Waals surface area contributed by atoms with Crippen molar-refractivity contribution in [2.24, 2.45) is 0 Å². The molecule has 0 saturated carbocycles. The maximum Gasteiger partial charge on any atom is 0.356 e. The average molecular weight is 219 g/mol. The molecular weight excluding hydrogens is 209 g/mol. The Balaban J connectivity index is 2.66. The molecular formula is C12H10FNO2. The van der Waals surface area contributed by atoms with Gasteiger partial charge in [-0.2, -0.15) is 0 Å². The highest BCUT2D eigenvalue weighted by Crippen LogP contribution is 2.18. The van der Waals surface area contributed by atoms with Crippen molar-refractivity contribution in [1.29, 1.82) is 0 Å². The van der Waals surface area contributed by atoms with Crippen molar-refractivity contribution in [3.63, 3.8) is 0 Å². The smallest absolute Gasteiger partial charge is 0.356 e. The van der Waals surface area contributed by atoms with Gasteiger partial charge in [0.05, 0.1) is 7.11 Å². The van der Waals surface area contributed by atoms with E-state index >= 15 is 0 Å². The number of aryl methyl sites for hydroxylation is 1. The van der Waals surface area contributed by atoms with Gasteiger partial charge in [0.25, 0.3) is 0 Å². The molecule has 1 aromatic carbocycles. The average Bonchev–Trinajstić information content (AvgIpc) is 2.27. The number of hydrogen-bond acceptors (Lipinski definition) is 3. The van der Waals surface area contributed by atoms with E-state index in [4.69, 9.17) is 0 Å². The molecule has 2 rings (SSSR count). The van der Waals surface area contributed by atoms with Gasteiger partial charge in [0.2, 0.25) is 0 Å². The van der Waals surface area contributed by atoms with E-state index in [1.54, 1.807) is 13.0 Å². The van der Waals surface area contributed by atoms with E-state index in [9.17, 15) is 9.18 Å². The van der Waals surface area contributed by atoms with Gasteiger partial charge in [-0.05, 0) is 30.7 Å². The van der Waals surface area contributed by atoms with Gasteiger partial charge in [0.15, 0.2) is 0 Å². The van der Waals surface area contributed by atoms with Crippen molar-refractivity contribution in [3.05, 3.63) is 41.3 Å². The molecule has 4 heteroatoms. The molecule has 1 heterocycles. The van der Waals surface area contributed by atoms with Crippen LogP contribution in [-0.4, -0.2) is 18.1 Å². The summed E-state index contributed by atoms with van der Waals surface area (Å²) in [4.78, 5) is 15.2. The number of nitrogens with zero attached hydrogens (tertiary/aromatic N) is 1. The summed E-state index contributed by atoms with van der Waals surface area (Å²) in [6.07, 6.45) is 0. The molecule has 0 aliphatic heterocycles. The van der Waals surface area contributed by atoms with Crippen molar-refractivity contribution in [2.75, 3.05) is 7.11 Å². The minimum Gasteiger partial charge on any atom is -0.464 e. The Bertz CT molecular complexity index is 566. The number of hydrogen-bond donors (Lipinski definition) is 0. The lowest BCUT2D eigenvalue weighted by atomic mass is 10.1. The highest BCUT2D eigenvalue weighted by Gasteiger charge is 2.10. The first-order valence-corrected chi connectivity index (χ1v) is 4.77. The third-order valence-corrected chi connectivity index (χ3v) is 2.28. The second-order valence-corrected chi connectivity index (χ2v) is 3.51. The number of pyridine rings is 1. The largest absolute Gasteiger partial charge is 0.464 e. The van der Waals surface area contributed by atoms with Crippen molar-refractivity contribution in [1.82, 2.24) is 4.98 Å². The molecule has 0 fully saturated rings. The molecule has 2 aromatic rings. The van der Waals surface area contributed by atoms with E-state index in [0.717, 1.165) is 5.56 Å². The summed E-state index contributed by atoms with van der Waals surface area (Å²) < 4.78 is 18.1. The van der Waals surface area contributed by atoms with Crippen LogP contribution in [0.15, 0.2) is 24.3 Å². The molecule has 0 unspecified atom stereocenters. The number of fused-ring (bicyclic) bond motifs is 1. The molecule has 1 aromatic heterocycles. The van der Waals surface area contributed by atoms with Gasteiger partial charge >= 0.3 is 5.97 Å². The van der Waals surface area contributed by atoms with Crippen LogP contribution in [0, 0.1) is 12.7 Å². The summed E-state index contributed by atoms with van der Waals surface area (Å²) in [5, 5.41) is 0.671. The monoisotopic (exact) mass is 219 g/mol. The summed E-state index contributed by atoms with van der Waals surface area (Å²) in [6.45, 7) is 1.80. The Kier molecular flexibility index (Phi) is 2.56. The molecule has 0 bridgehead atoms. The van der Waals surface area contributed by atoms with Gasteiger partial charge in [-0.25, -0.2) is 14.2 Å². The van der Waals surface area contributed by atoms with Gasteiger partial charge in [-0.1, -0.05) is 6.07 Å². The van der Waals surface area contributed by atoms with Crippen LogP contribution in [0.3, 0.4) is 0 Å². The third kappa shape index (κ3) is 1.74. The number of rotatable bonds is 1. The zero-order chi connectivity index (χ0) is 11.7. The summed E-state index contributed by atoms with van der Waals surface area (Å²) in [7, 11) is 1.26. The fourth-order valence-corrected chi connectivity index (χ4v) is 1.55. The molecule has 82 valence electrons. The number of esters is 1. The fourth-order valence-electron chi connectivity index (χ4n) is 1.55. The number of methoxy groups -OCH3 is 1. The number of carbonyl (C=O) groups is 1. The van der Waals surface area contributed by atoms with Crippen LogP contribution in [0.2, 0.25) is 0 Å². The minimum absolute atomic E-state index is 0.109. The van der Waals surface area contributed by atoms with Crippen molar-refractivity contribution >= 4 is 16.9 Å². The van der Waals surface area contributed by atoms with Gasteiger partial charge in [-0.3, -0.25) is 0 Å². The summed E-state index contributed by atoms with van der Waals surface area (Å²) >= 11 is 0. The van der Waals surface area contributed by atoms with Gasteiger partial charge in [0.1, 0.15) is 17.0 Å². The van der Waals surface area contributed by atoms with E-state index in [-0.39, 0.29) is 11.2 Å². The first kappa shape index (κ1) is 10.5. The first-order chi connectivity index (χ1) is 7.61. The lowest BCUT2D eigenvalue weighted by Gasteiger charge is -2.03. The molecule has 3 nitrogen and oxygen atoms in total. The predicted octanol–water partition coefficient (Wildman–Crippen LogP) is 2.47. The second kappa shape index (κ2) is 3.89. The quantitative estimate of drug-likeness (QED) is 0.691. The Labute approximate surface area is 91.9 Å². The first-order valence-electron chi connectivity index (χ1n) is 4.77. The topological polar surface area (TPSA) is 39.2 Å². The number of aromatic nitrogens is 1. The third-order valence-electron chi connectivity index (χ3n) is 2.28. The van der Waals surface area contributed by atoms with Crippen molar-refractivity contribution < 1.29 is 13.9 Å². The normalized spacial score (nSPS) is 10.4. The molecule has 0 N–H and O–H groups in total. The summed E-state index contributed by atoms with van der Waals surface area (Å²) in [5.74, 6) is -0.998. The highest BCUT2D eigenvalue weighted by atomic mass is 19.1. The Morgan fingerprint density at radius 2 is 2.12 bits per heavy atom. The SMILES string of the molecule is COC(=O)c1ccc2cc(C)cc(F)c2n1. The van der Waals surface area contributed by atoms with E-state index in [2.05, 4.69) is 9.72 Å². The van der Waals surface area contributed by atoms with Crippen LogP contribution in [0.1, 0.15) is 16.1 Å². The summed E-state index contributed by atoms with van der Waals surface area (Å²) in [5.41, 5.74) is 1.11. The Hall–Kier alpha value is -1.97. The highest BCUT2D eigenvalue weighted by molar-refractivity contribution is 5.91. The van der Waals surface area contributed by atoms with E-state index in [0.29, 0.717) is 5.39 Å². The van der Waals surface area contributed by atoms with Crippen LogP contribution in [0.4, 0.5) is 4.39 Å². The van der Waals surface area contributed by atoms with Crippen LogP contribution in [0.25, 0.3) is 10.9 Å². The number of ether oxygens (including phenoxy) is 1. The predicted molar refractivity (Wildman–Crippen MR) is 57.8 cm³/mol. The molecule has 0 spiro atoms. The van der Waals surface area contributed by atoms with Crippen LogP contribution >= 0.6 is 0 Å². The van der Waals surface area contributed by atoms with Gasteiger partial charge in [0, 0.05) is 5.39 Å². The summed E-state index contributed by atoms with van der Waals surface area (Å²) in [6, 6.07) is 6.38. The molecule has 0 aliphatic carbocycles. The second-order valence-electron chi connectivity index (χ2n) is 3.51. The lowest BCUT2D eigenvalue weighted by Crippen LogP contribution is -2.04. The van der Waals surface area contributed by atoms with Crippen molar-refractivity contribution in [2.45, 2.75) is 6.92 Å². The number of carbonyl (C=O) groups excluding carboxylic acids is 1. The Morgan fingerprint density at radius 3 is 2.81 bits per heavy atom. The zero-order valence-electron chi connectivity index (χ0n) is 8.95. The fraction of sp³-hybridized carbons (Fsp3) is 0.167. The maximum atomic E-state index is 13.6. The van der Waals surface area contributed by atoms with Crippen molar-refractivity contribution in [3.8, 4) is 0 Å². The maximum absolute atomic E-state index is 13.6. The number of benzene rings is 1. The van der Waals surface area contributed by atoms with Crippen LogP contribution in [-0.2, 0) is 4.74 Å². The van der Waals surface area contributed by atoms with Crippen LogP contribution in [0.5, 0.6) is 0 Å². The van der Waals surface area contributed by atoms with Gasteiger partial charge < -0.3 is 4.74 Å². The molecule has 0 amide bonds. The molecule has 16 heavy (non-hydrogen) atoms. The van der Waals surface area contributed by atoms with E-state index < -0.39 is 11.8 Å². The molecule has 0 atom stereocenters. The minimum atomic E-state index is -0.568.